The Hall–Kier alpha value is -1.52. The zero-order valence-corrected chi connectivity index (χ0v) is 12.6. The quantitative estimate of drug-likeness (QED) is 0.845. The smallest absolute Gasteiger partial charge is 0.0731 e. The van der Waals surface area contributed by atoms with Crippen LogP contribution in [0.1, 0.15) is 24.9 Å². The van der Waals surface area contributed by atoms with Gasteiger partial charge in [0.2, 0.25) is 0 Å². The van der Waals surface area contributed by atoms with Crippen LogP contribution in [0.15, 0.2) is 36.7 Å². The molecule has 5 heteroatoms. The number of methoxy groups -OCH3 is 1. The average Bonchev–Trinajstić information content (AvgIpc) is 2.90. The molecule has 0 bridgehead atoms. The molecule has 2 aromatic rings. The normalized spacial score (nSPS) is 12.3. The Labute approximate surface area is 124 Å². The van der Waals surface area contributed by atoms with Crippen LogP contribution in [0.25, 0.3) is 0 Å². The summed E-state index contributed by atoms with van der Waals surface area (Å²) >= 11 is 6.05. The van der Waals surface area contributed by atoms with E-state index in [9.17, 15) is 0 Å². The Kier molecular flexibility index (Phi) is 5.44. The molecule has 20 heavy (non-hydrogen) atoms. The van der Waals surface area contributed by atoms with Gasteiger partial charge in [-0.3, -0.25) is 4.68 Å². The van der Waals surface area contributed by atoms with Gasteiger partial charge >= 0.3 is 0 Å². The monoisotopic (exact) mass is 293 g/mol. The Morgan fingerprint density at radius 2 is 2.30 bits per heavy atom. The van der Waals surface area contributed by atoms with Gasteiger partial charge in [0, 0.05) is 18.3 Å². The van der Waals surface area contributed by atoms with Crippen LogP contribution in [-0.2, 0) is 11.3 Å². The molecule has 0 spiro atoms. The topological polar surface area (TPSA) is 39.1 Å². The molecule has 0 saturated heterocycles. The van der Waals surface area contributed by atoms with Gasteiger partial charge in [0.15, 0.2) is 0 Å². The minimum absolute atomic E-state index is 0.230. The minimum Gasteiger partial charge on any atom is -0.383 e. The molecular weight excluding hydrogens is 274 g/mol. The van der Waals surface area contributed by atoms with E-state index in [1.807, 2.05) is 35.3 Å². The van der Waals surface area contributed by atoms with Crippen molar-refractivity contribution in [2.75, 3.05) is 19.0 Å². The predicted molar refractivity (Wildman–Crippen MR) is 82.2 cm³/mol. The highest BCUT2D eigenvalue weighted by molar-refractivity contribution is 6.30. The van der Waals surface area contributed by atoms with E-state index >= 15 is 0 Å². The Bertz CT molecular complexity index is 541. The number of anilines is 1. The lowest BCUT2D eigenvalue weighted by Gasteiger charge is -2.17. The van der Waals surface area contributed by atoms with Crippen molar-refractivity contribution in [2.45, 2.75) is 25.9 Å². The highest BCUT2D eigenvalue weighted by Crippen LogP contribution is 2.24. The van der Waals surface area contributed by atoms with Gasteiger partial charge in [-0.05, 0) is 24.1 Å². The fourth-order valence-electron chi connectivity index (χ4n) is 2.09. The summed E-state index contributed by atoms with van der Waals surface area (Å²) in [5.74, 6) is 0. The zero-order valence-electron chi connectivity index (χ0n) is 11.8. The van der Waals surface area contributed by atoms with Gasteiger partial charge in [0.25, 0.3) is 0 Å². The number of benzene rings is 1. The first-order valence-electron chi connectivity index (χ1n) is 6.76. The van der Waals surface area contributed by atoms with Crippen molar-refractivity contribution in [1.82, 2.24) is 9.78 Å². The van der Waals surface area contributed by atoms with E-state index in [1.165, 1.54) is 5.56 Å². The predicted octanol–water partition coefficient (Wildman–Crippen LogP) is 3.75. The molecule has 2 rings (SSSR count). The maximum atomic E-state index is 6.05. The summed E-state index contributed by atoms with van der Waals surface area (Å²) in [5.41, 5.74) is 2.19. The number of nitrogens with zero attached hydrogens (tertiary/aromatic N) is 2. The second-order valence-corrected chi connectivity index (χ2v) is 5.08. The molecule has 1 aromatic heterocycles. The lowest BCUT2D eigenvalue weighted by molar-refractivity contribution is 0.183. The molecule has 108 valence electrons. The molecule has 1 aromatic carbocycles. The number of rotatable bonds is 7. The second-order valence-electron chi connectivity index (χ2n) is 4.65. The van der Waals surface area contributed by atoms with Crippen LogP contribution in [0.5, 0.6) is 0 Å². The van der Waals surface area contributed by atoms with Crippen molar-refractivity contribution >= 4 is 17.3 Å². The molecule has 1 atom stereocenters. The van der Waals surface area contributed by atoms with Gasteiger partial charge in [-0.25, -0.2) is 0 Å². The second kappa shape index (κ2) is 7.31. The van der Waals surface area contributed by atoms with Crippen LogP contribution >= 0.6 is 11.6 Å². The first-order chi connectivity index (χ1) is 9.72. The summed E-state index contributed by atoms with van der Waals surface area (Å²) < 4.78 is 6.92. The lowest BCUT2D eigenvalue weighted by Crippen LogP contribution is -2.09. The van der Waals surface area contributed by atoms with Crippen LogP contribution in [0.4, 0.5) is 5.69 Å². The third-order valence-electron chi connectivity index (χ3n) is 3.16. The minimum atomic E-state index is 0.230. The number of ether oxygens (including phenoxy) is 1. The number of aromatic nitrogens is 2. The van der Waals surface area contributed by atoms with Gasteiger partial charge < -0.3 is 10.1 Å². The molecule has 0 aliphatic rings. The summed E-state index contributed by atoms with van der Waals surface area (Å²) in [4.78, 5) is 0. The van der Waals surface area contributed by atoms with Crippen molar-refractivity contribution < 1.29 is 4.74 Å². The van der Waals surface area contributed by atoms with Crippen molar-refractivity contribution in [2.24, 2.45) is 0 Å². The molecule has 0 radical (unpaired) electrons. The van der Waals surface area contributed by atoms with Crippen LogP contribution < -0.4 is 5.32 Å². The van der Waals surface area contributed by atoms with Gasteiger partial charge in [-0.2, -0.15) is 5.10 Å². The standard InChI is InChI=1S/C15H20ClN3O/c1-3-15(12-5-4-6-13(16)9-12)18-14-10-17-19(11-14)7-8-20-2/h4-6,9-11,15,18H,3,7-8H2,1-2H3. The fraction of sp³-hybridized carbons (Fsp3) is 0.400. The summed E-state index contributed by atoms with van der Waals surface area (Å²) in [6.45, 7) is 3.56. The summed E-state index contributed by atoms with van der Waals surface area (Å²) in [6.07, 6.45) is 4.80. The third-order valence-corrected chi connectivity index (χ3v) is 3.39. The highest BCUT2D eigenvalue weighted by Gasteiger charge is 2.10. The van der Waals surface area contributed by atoms with Crippen LogP contribution in [0.2, 0.25) is 5.02 Å². The van der Waals surface area contributed by atoms with E-state index in [0.717, 1.165) is 23.7 Å². The maximum absolute atomic E-state index is 6.05. The van der Waals surface area contributed by atoms with E-state index in [4.69, 9.17) is 16.3 Å². The maximum Gasteiger partial charge on any atom is 0.0731 e. The van der Waals surface area contributed by atoms with Crippen LogP contribution in [0.3, 0.4) is 0 Å². The molecule has 1 heterocycles. The van der Waals surface area contributed by atoms with E-state index in [2.05, 4.69) is 23.4 Å². The summed E-state index contributed by atoms with van der Waals surface area (Å²) in [7, 11) is 1.69. The average molecular weight is 294 g/mol. The molecule has 0 saturated carbocycles. The first-order valence-corrected chi connectivity index (χ1v) is 7.14. The summed E-state index contributed by atoms with van der Waals surface area (Å²) in [5, 5.41) is 8.55. The Balaban J connectivity index is 2.04. The molecule has 0 aliphatic carbocycles. The number of halogens is 1. The number of hydrogen-bond acceptors (Lipinski definition) is 3. The number of hydrogen-bond donors (Lipinski definition) is 1. The largest absolute Gasteiger partial charge is 0.383 e. The van der Waals surface area contributed by atoms with Crippen LogP contribution in [-0.4, -0.2) is 23.5 Å². The van der Waals surface area contributed by atoms with E-state index < -0.39 is 0 Å². The Morgan fingerprint density at radius 1 is 1.45 bits per heavy atom. The van der Waals surface area contributed by atoms with Crippen molar-refractivity contribution in [3.8, 4) is 0 Å². The molecule has 0 aliphatic heterocycles. The molecule has 0 fully saturated rings. The number of nitrogens with one attached hydrogen (secondary N) is 1. The van der Waals surface area contributed by atoms with E-state index in [0.29, 0.717) is 6.61 Å². The van der Waals surface area contributed by atoms with Gasteiger partial charge in [-0.1, -0.05) is 30.7 Å². The SMILES string of the molecule is CCC(Nc1cnn(CCOC)c1)c1cccc(Cl)c1. The van der Waals surface area contributed by atoms with Crippen molar-refractivity contribution in [3.63, 3.8) is 0 Å². The van der Waals surface area contributed by atoms with Gasteiger partial charge in [0.1, 0.15) is 0 Å². The first kappa shape index (κ1) is 14.9. The van der Waals surface area contributed by atoms with Gasteiger partial charge in [0.05, 0.1) is 31.1 Å². The molecule has 1 N–H and O–H groups in total. The van der Waals surface area contributed by atoms with E-state index in [-0.39, 0.29) is 6.04 Å². The van der Waals surface area contributed by atoms with E-state index in [1.54, 1.807) is 7.11 Å². The van der Waals surface area contributed by atoms with Crippen molar-refractivity contribution in [1.29, 1.82) is 0 Å². The molecular formula is C15H20ClN3O. The molecule has 4 nitrogen and oxygen atoms in total. The Morgan fingerprint density at radius 3 is 3.00 bits per heavy atom. The lowest BCUT2D eigenvalue weighted by atomic mass is 10.0. The van der Waals surface area contributed by atoms with Crippen molar-refractivity contribution in [3.05, 3.63) is 47.2 Å². The van der Waals surface area contributed by atoms with Crippen LogP contribution in [0, 0.1) is 0 Å². The molecule has 1 unspecified atom stereocenters. The third kappa shape index (κ3) is 3.99. The fourth-order valence-corrected chi connectivity index (χ4v) is 2.29. The highest BCUT2D eigenvalue weighted by atomic mass is 35.5. The summed E-state index contributed by atoms with van der Waals surface area (Å²) in [6, 6.07) is 8.18. The van der Waals surface area contributed by atoms with Gasteiger partial charge in [-0.15, -0.1) is 0 Å². The molecule has 0 amide bonds. The zero-order chi connectivity index (χ0) is 14.4.